The van der Waals surface area contributed by atoms with Gasteiger partial charge in [-0.15, -0.1) is 10.2 Å². The number of hydrogen-bond donors (Lipinski definition) is 0. The number of rotatable bonds is 3. The van der Waals surface area contributed by atoms with Gasteiger partial charge in [0.15, 0.2) is 5.82 Å². The summed E-state index contributed by atoms with van der Waals surface area (Å²) in [7, 11) is 0. The maximum absolute atomic E-state index is 5.96. The molecule has 2 aromatic carbocycles. The van der Waals surface area contributed by atoms with Crippen molar-refractivity contribution in [2.75, 3.05) is 0 Å². The van der Waals surface area contributed by atoms with Crippen LogP contribution in [-0.2, 0) is 11.8 Å². The van der Waals surface area contributed by atoms with Crippen molar-refractivity contribution in [2.24, 2.45) is 0 Å². The lowest BCUT2D eigenvalue weighted by atomic mass is 9.87. The van der Waals surface area contributed by atoms with Gasteiger partial charge in [0.25, 0.3) is 0 Å². The minimum Gasteiger partial charge on any atom is -0.187 e. The molecule has 0 N–H and O–H groups in total. The molecule has 2 heterocycles. The van der Waals surface area contributed by atoms with Crippen LogP contribution in [0.3, 0.4) is 0 Å². The Hall–Kier alpha value is -2.24. The number of aromatic nitrogens is 4. The Bertz CT molecular complexity index is 1040. The Morgan fingerprint density at radius 2 is 1.65 bits per heavy atom. The average Bonchev–Trinajstić information content (AvgIpc) is 3.18. The molecule has 0 atom stereocenters. The molecular formula is C20H19ClN4S. The van der Waals surface area contributed by atoms with Crippen LogP contribution in [-0.4, -0.2) is 19.8 Å². The maximum atomic E-state index is 5.96. The second kappa shape index (κ2) is 6.49. The van der Waals surface area contributed by atoms with Gasteiger partial charge in [-0.1, -0.05) is 80.1 Å². The van der Waals surface area contributed by atoms with E-state index in [0.717, 1.165) is 31.9 Å². The number of benzene rings is 2. The smallest absolute Gasteiger partial charge is 0.187 e. The molecule has 0 aliphatic rings. The number of halogens is 1. The predicted molar refractivity (Wildman–Crippen MR) is 107 cm³/mol. The normalized spacial score (nSPS) is 12.0. The zero-order chi connectivity index (χ0) is 18.3. The lowest BCUT2D eigenvalue weighted by Gasteiger charge is -2.18. The Balaban J connectivity index is 1.64. The van der Waals surface area contributed by atoms with E-state index in [9.17, 15) is 0 Å². The van der Waals surface area contributed by atoms with Crippen molar-refractivity contribution in [3.63, 3.8) is 0 Å². The van der Waals surface area contributed by atoms with Gasteiger partial charge in [0.2, 0.25) is 4.96 Å². The summed E-state index contributed by atoms with van der Waals surface area (Å²) < 4.78 is 1.84. The molecule has 2 aromatic heterocycles. The molecule has 0 aliphatic carbocycles. The first-order valence-corrected chi connectivity index (χ1v) is 9.66. The second-order valence-corrected chi connectivity index (χ2v) is 8.74. The molecule has 0 radical (unpaired) electrons. The molecule has 132 valence electrons. The van der Waals surface area contributed by atoms with Crippen molar-refractivity contribution in [1.82, 2.24) is 19.8 Å². The van der Waals surface area contributed by atoms with E-state index in [0.29, 0.717) is 6.42 Å². The number of fused-ring (bicyclic) bond motifs is 1. The molecule has 4 nitrogen and oxygen atoms in total. The van der Waals surface area contributed by atoms with Gasteiger partial charge in [0, 0.05) is 17.0 Å². The molecule has 0 bridgehead atoms. The Morgan fingerprint density at radius 1 is 0.962 bits per heavy atom. The highest BCUT2D eigenvalue weighted by atomic mass is 35.5. The third-order valence-electron chi connectivity index (χ3n) is 4.33. The summed E-state index contributed by atoms with van der Waals surface area (Å²) in [5.41, 5.74) is 3.69. The SMILES string of the molecule is CC(C)(C)c1ccc(-c2nn3c(Cc4ccc(Cl)cc4)nnc3s2)cc1. The van der Waals surface area contributed by atoms with Gasteiger partial charge in [-0.2, -0.15) is 9.61 Å². The minimum atomic E-state index is 0.145. The third kappa shape index (κ3) is 3.37. The molecule has 4 aromatic rings. The Morgan fingerprint density at radius 3 is 2.31 bits per heavy atom. The molecule has 0 saturated carbocycles. The lowest BCUT2D eigenvalue weighted by Crippen LogP contribution is -2.10. The molecular weight excluding hydrogens is 364 g/mol. The lowest BCUT2D eigenvalue weighted by molar-refractivity contribution is 0.590. The van der Waals surface area contributed by atoms with Crippen LogP contribution in [0, 0.1) is 0 Å². The van der Waals surface area contributed by atoms with Crippen LogP contribution < -0.4 is 0 Å². The van der Waals surface area contributed by atoms with Gasteiger partial charge in [-0.25, -0.2) is 0 Å². The van der Waals surface area contributed by atoms with Gasteiger partial charge in [-0.3, -0.25) is 0 Å². The first kappa shape index (κ1) is 17.2. The van der Waals surface area contributed by atoms with E-state index in [4.69, 9.17) is 16.7 Å². The van der Waals surface area contributed by atoms with Crippen LogP contribution in [0.1, 0.15) is 37.7 Å². The summed E-state index contributed by atoms with van der Waals surface area (Å²) in [5, 5.41) is 15.0. The first-order valence-electron chi connectivity index (χ1n) is 8.47. The van der Waals surface area contributed by atoms with Gasteiger partial charge in [-0.05, 0) is 28.7 Å². The molecule has 4 rings (SSSR count). The topological polar surface area (TPSA) is 43.1 Å². The van der Waals surface area contributed by atoms with Crippen LogP contribution >= 0.6 is 22.9 Å². The molecule has 0 amide bonds. The van der Waals surface area contributed by atoms with Crippen molar-refractivity contribution in [3.05, 3.63) is 70.5 Å². The quantitative estimate of drug-likeness (QED) is 0.476. The average molecular weight is 383 g/mol. The van der Waals surface area contributed by atoms with Gasteiger partial charge < -0.3 is 0 Å². The van der Waals surface area contributed by atoms with E-state index in [1.54, 1.807) is 11.3 Å². The van der Waals surface area contributed by atoms with Crippen LogP contribution in [0.25, 0.3) is 15.5 Å². The highest BCUT2D eigenvalue weighted by molar-refractivity contribution is 7.19. The highest BCUT2D eigenvalue weighted by Crippen LogP contribution is 2.29. The van der Waals surface area contributed by atoms with E-state index in [2.05, 4.69) is 55.2 Å². The first-order chi connectivity index (χ1) is 12.4. The summed E-state index contributed by atoms with van der Waals surface area (Å²) in [6.07, 6.45) is 0.671. The molecule has 0 saturated heterocycles. The fourth-order valence-corrected chi connectivity index (χ4v) is 3.77. The zero-order valence-electron chi connectivity index (χ0n) is 14.9. The van der Waals surface area contributed by atoms with Crippen molar-refractivity contribution in [2.45, 2.75) is 32.6 Å². The van der Waals surface area contributed by atoms with E-state index >= 15 is 0 Å². The Labute approximate surface area is 161 Å². The van der Waals surface area contributed by atoms with Gasteiger partial charge in [0.05, 0.1) is 0 Å². The van der Waals surface area contributed by atoms with E-state index in [1.807, 2.05) is 28.8 Å². The largest absolute Gasteiger partial charge is 0.234 e. The summed E-state index contributed by atoms with van der Waals surface area (Å²) in [6.45, 7) is 6.65. The molecule has 0 fully saturated rings. The molecule has 0 unspecified atom stereocenters. The monoisotopic (exact) mass is 382 g/mol. The van der Waals surface area contributed by atoms with Crippen LogP contribution in [0.5, 0.6) is 0 Å². The fourth-order valence-electron chi connectivity index (χ4n) is 2.78. The van der Waals surface area contributed by atoms with E-state index in [-0.39, 0.29) is 5.41 Å². The van der Waals surface area contributed by atoms with Crippen molar-refractivity contribution in [3.8, 4) is 10.6 Å². The summed E-state index contributed by atoms with van der Waals surface area (Å²) in [6, 6.07) is 16.4. The summed E-state index contributed by atoms with van der Waals surface area (Å²) >= 11 is 7.51. The predicted octanol–water partition coefficient (Wildman–Crippen LogP) is 5.39. The van der Waals surface area contributed by atoms with Crippen LogP contribution in [0.2, 0.25) is 5.02 Å². The molecule has 6 heteroatoms. The van der Waals surface area contributed by atoms with E-state index in [1.165, 1.54) is 5.56 Å². The molecule has 0 spiro atoms. The van der Waals surface area contributed by atoms with Crippen LogP contribution in [0.4, 0.5) is 0 Å². The third-order valence-corrected chi connectivity index (χ3v) is 5.53. The fraction of sp³-hybridized carbons (Fsp3) is 0.250. The van der Waals surface area contributed by atoms with Crippen molar-refractivity contribution in [1.29, 1.82) is 0 Å². The Kier molecular flexibility index (Phi) is 4.29. The van der Waals surface area contributed by atoms with Crippen LogP contribution in [0.15, 0.2) is 48.5 Å². The van der Waals surface area contributed by atoms with Gasteiger partial charge >= 0.3 is 0 Å². The summed E-state index contributed by atoms with van der Waals surface area (Å²) in [4.78, 5) is 0.809. The number of nitrogens with zero attached hydrogens (tertiary/aromatic N) is 4. The minimum absolute atomic E-state index is 0.145. The summed E-state index contributed by atoms with van der Waals surface area (Å²) in [5.74, 6) is 0.830. The van der Waals surface area contributed by atoms with Crippen molar-refractivity contribution >= 4 is 27.9 Å². The highest BCUT2D eigenvalue weighted by Gasteiger charge is 2.16. The molecule has 26 heavy (non-hydrogen) atoms. The van der Waals surface area contributed by atoms with Crippen molar-refractivity contribution < 1.29 is 0 Å². The van der Waals surface area contributed by atoms with Gasteiger partial charge in [0.1, 0.15) is 5.01 Å². The standard InChI is InChI=1S/C20H19ClN4S/c1-20(2,3)15-8-6-14(7-9-15)18-24-25-17(22-23-19(25)26-18)12-13-4-10-16(21)11-5-13/h4-11H,12H2,1-3H3. The maximum Gasteiger partial charge on any atom is 0.234 e. The zero-order valence-corrected chi connectivity index (χ0v) is 16.5. The van der Waals surface area contributed by atoms with E-state index < -0.39 is 0 Å². The molecule has 0 aliphatic heterocycles. The second-order valence-electron chi connectivity index (χ2n) is 7.35. The number of hydrogen-bond acceptors (Lipinski definition) is 4.